The molecule has 4 unspecified atom stereocenters. The fourth-order valence-corrected chi connectivity index (χ4v) is 3.14. The van der Waals surface area contributed by atoms with Gasteiger partial charge in [0.25, 0.3) is 0 Å². The summed E-state index contributed by atoms with van der Waals surface area (Å²) >= 11 is 0. The molecule has 0 heterocycles. The molecule has 0 aliphatic carbocycles. The Labute approximate surface area is 289 Å². The van der Waals surface area contributed by atoms with Gasteiger partial charge in [0, 0.05) is 39.0 Å². The van der Waals surface area contributed by atoms with Gasteiger partial charge in [-0.15, -0.1) is 0 Å². The van der Waals surface area contributed by atoms with Crippen molar-refractivity contribution >= 4 is 23.9 Å². The molecule has 0 amide bonds. The van der Waals surface area contributed by atoms with Gasteiger partial charge in [0.15, 0.2) is 0 Å². The van der Waals surface area contributed by atoms with E-state index >= 15 is 0 Å². The number of aliphatic hydroxyl groups is 4. The molecular weight excluding hydrogens is 782 g/mol. The molecule has 14 heteroatoms. The molecule has 0 fully saturated rings. The SMILES string of the molecule is OC(=[OH+])C(O)c1ccccc1.OC(=[OH+])C(O)c1ccccc1.OC(=[OH+])C(O)c1ccccc1.OC(=[OH+])C(O)c1ccccc1.[Rh].[Rh]. The van der Waals surface area contributed by atoms with Crippen molar-refractivity contribution in [1.29, 1.82) is 0 Å². The minimum atomic E-state index is -1.30. The van der Waals surface area contributed by atoms with Crippen LogP contribution in [0, 0.1) is 0 Å². The Morgan fingerprint density at radius 3 is 0.565 bits per heavy atom. The average molecular weight is 818 g/mol. The van der Waals surface area contributed by atoms with Crippen molar-refractivity contribution in [2.45, 2.75) is 24.4 Å². The number of benzene rings is 4. The quantitative estimate of drug-likeness (QED) is 0.0968. The zero-order chi connectivity index (χ0) is 33.1. The van der Waals surface area contributed by atoms with Crippen molar-refractivity contribution in [1.82, 2.24) is 0 Å². The van der Waals surface area contributed by atoms with Gasteiger partial charge in [-0.2, -0.15) is 0 Å². The molecule has 0 aromatic heterocycles. The summed E-state index contributed by atoms with van der Waals surface area (Å²) in [5.74, 6) is -3.90. The third-order valence-electron chi connectivity index (χ3n) is 5.44. The second-order valence-electron chi connectivity index (χ2n) is 8.69. The maximum absolute atomic E-state index is 9.06. The predicted molar refractivity (Wildman–Crippen MR) is 164 cm³/mol. The molecule has 250 valence electrons. The summed E-state index contributed by atoms with van der Waals surface area (Å²) in [6, 6.07) is 33.7. The minimum absolute atomic E-state index is 0. The first kappa shape index (κ1) is 44.0. The third-order valence-corrected chi connectivity index (χ3v) is 5.44. The molecule has 2 radical (unpaired) electrons. The Kier molecular flexibility index (Phi) is 23.1. The molecule has 0 aliphatic heterocycles. The van der Waals surface area contributed by atoms with Crippen LogP contribution in [0.4, 0.5) is 0 Å². The smallest absolute Gasteiger partial charge is 0.373 e. The van der Waals surface area contributed by atoms with E-state index in [-0.39, 0.29) is 39.0 Å². The standard InChI is InChI=1S/4C8H8O3.2Rh/c4*9-7(8(10)11)6-4-2-1-3-5-6;;/h4*1-5,7,9H,(H,10,11);;/p+4. The summed E-state index contributed by atoms with van der Waals surface area (Å²) in [6.45, 7) is 0. The van der Waals surface area contributed by atoms with Crippen LogP contribution in [0.3, 0.4) is 0 Å². The Balaban J connectivity index is 0. The first-order valence-electron chi connectivity index (χ1n) is 12.8. The van der Waals surface area contributed by atoms with Gasteiger partial charge < -0.3 is 60.0 Å². The van der Waals surface area contributed by atoms with Crippen molar-refractivity contribution in [3.8, 4) is 0 Å². The molecule has 4 atom stereocenters. The van der Waals surface area contributed by atoms with Crippen molar-refractivity contribution in [2.24, 2.45) is 0 Å². The summed E-state index contributed by atoms with van der Waals surface area (Å²) in [4.78, 5) is 34.0. The first-order chi connectivity index (χ1) is 20.9. The van der Waals surface area contributed by atoms with Gasteiger partial charge >= 0.3 is 23.9 Å². The number of carboxylic acid groups (broad SMARTS) is 4. The second-order valence-corrected chi connectivity index (χ2v) is 8.69. The van der Waals surface area contributed by atoms with Crippen molar-refractivity contribution in [3.63, 3.8) is 0 Å². The third kappa shape index (κ3) is 16.8. The predicted octanol–water partition coefficient (Wildman–Crippen LogP) is 3.12. The van der Waals surface area contributed by atoms with E-state index in [1.165, 1.54) is 0 Å². The number of hydrogen-bond acceptors (Lipinski definition) is 4. The normalized spacial score (nSPS) is 11.9. The molecule has 4 rings (SSSR count). The summed E-state index contributed by atoms with van der Waals surface area (Å²) < 4.78 is 0. The number of aliphatic carboxylic acids is 4. The minimum Gasteiger partial charge on any atom is -0.373 e. The summed E-state index contributed by atoms with van der Waals surface area (Å²) in [7, 11) is 0. The van der Waals surface area contributed by atoms with Gasteiger partial charge in [0.05, 0.1) is 0 Å². The fourth-order valence-electron chi connectivity index (χ4n) is 3.14. The number of rotatable bonds is 8. The van der Waals surface area contributed by atoms with E-state index in [9.17, 15) is 0 Å². The van der Waals surface area contributed by atoms with Gasteiger partial charge in [0.1, 0.15) is 0 Å². The van der Waals surface area contributed by atoms with E-state index in [0.29, 0.717) is 22.3 Å². The Morgan fingerprint density at radius 1 is 0.326 bits per heavy atom. The van der Waals surface area contributed by atoms with Crippen molar-refractivity contribution in [3.05, 3.63) is 144 Å². The van der Waals surface area contributed by atoms with Crippen LogP contribution >= 0.6 is 0 Å². The van der Waals surface area contributed by atoms with E-state index < -0.39 is 48.3 Å². The monoisotopic (exact) mass is 818 g/mol. The largest absolute Gasteiger partial charge is 0.515 e. The molecule has 4 aromatic rings. The van der Waals surface area contributed by atoms with Crippen LogP contribution in [0.1, 0.15) is 46.7 Å². The zero-order valence-corrected chi connectivity index (χ0v) is 27.2. The van der Waals surface area contributed by atoms with E-state index in [1.807, 2.05) is 0 Å². The Bertz CT molecular complexity index is 1200. The van der Waals surface area contributed by atoms with Gasteiger partial charge in [-0.1, -0.05) is 121 Å². The number of carboxylic acids is 4. The Morgan fingerprint density at radius 2 is 0.457 bits per heavy atom. The van der Waals surface area contributed by atoms with Crippen LogP contribution in [0.25, 0.3) is 0 Å². The summed E-state index contributed by atoms with van der Waals surface area (Å²) in [6.07, 6.45) is -5.18. The number of aliphatic hydroxyl groups excluding tert-OH is 8. The van der Waals surface area contributed by atoms with E-state index in [4.69, 9.17) is 60.0 Å². The molecule has 12 nitrogen and oxygen atoms in total. The fraction of sp³-hybridized carbons (Fsp3) is 0.125. The van der Waals surface area contributed by atoms with Crippen LogP contribution in [0.5, 0.6) is 0 Å². The summed E-state index contributed by atoms with van der Waals surface area (Å²) in [5, 5.41) is 70.2. The van der Waals surface area contributed by atoms with Crippen LogP contribution in [0.15, 0.2) is 121 Å². The second kappa shape index (κ2) is 24.1. The van der Waals surface area contributed by atoms with Gasteiger partial charge in [0.2, 0.25) is 24.4 Å². The molecule has 0 spiro atoms. The topological polar surface area (TPSA) is 247 Å². The van der Waals surface area contributed by atoms with Crippen LogP contribution in [0.2, 0.25) is 0 Å². The number of hydrogen-bond donors (Lipinski definition) is 8. The molecule has 12 N–H and O–H groups in total. The van der Waals surface area contributed by atoms with Gasteiger partial charge in [-0.3, -0.25) is 0 Å². The zero-order valence-electron chi connectivity index (χ0n) is 23.9. The first-order valence-corrected chi connectivity index (χ1v) is 12.8. The van der Waals surface area contributed by atoms with Gasteiger partial charge in [-0.25, -0.2) is 0 Å². The van der Waals surface area contributed by atoms with Crippen LogP contribution in [-0.4, -0.2) is 83.9 Å². The van der Waals surface area contributed by atoms with Crippen LogP contribution < -0.4 is 0 Å². The molecule has 4 aromatic carbocycles. The Hall–Kier alpha value is -4.15. The maximum atomic E-state index is 9.06. The maximum Gasteiger partial charge on any atom is 0.515 e. The molecule has 0 aliphatic rings. The molecule has 46 heavy (non-hydrogen) atoms. The van der Waals surface area contributed by atoms with Gasteiger partial charge in [-0.05, 0) is 22.3 Å². The van der Waals surface area contributed by atoms with E-state index in [0.717, 1.165) is 0 Å². The molecule has 0 bridgehead atoms. The molecular formula is C32H36O12Rh2+4. The van der Waals surface area contributed by atoms with Crippen LogP contribution in [-0.2, 0) is 39.0 Å². The van der Waals surface area contributed by atoms with Crippen molar-refractivity contribution < 1.29 is 99.0 Å². The van der Waals surface area contributed by atoms with Crippen molar-refractivity contribution in [2.75, 3.05) is 0 Å². The molecule has 0 saturated carbocycles. The summed E-state index contributed by atoms with van der Waals surface area (Å²) in [5.41, 5.74) is 1.86. The van der Waals surface area contributed by atoms with E-state index in [1.54, 1.807) is 121 Å². The average Bonchev–Trinajstić information content (AvgIpc) is 3.05. The molecule has 0 saturated heterocycles. The van der Waals surface area contributed by atoms with E-state index in [2.05, 4.69) is 0 Å².